The molecule has 1 atom stereocenters. The summed E-state index contributed by atoms with van der Waals surface area (Å²) in [5, 5.41) is 21.1. The molecule has 10 heteroatoms. The number of fused-ring (bicyclic) bond motifs is 1. The molecule has 8 nitrogen and oxygen atoms in total. The molecule has 0 saturated carbocycles. The van der Waals surface area contributed by atoms with Crippen molar-refractivity contribution in [3.63, 3.8) is 0 Å². The first-order chi connectivity index (χ1) is 16.3. The molecule has 2 amide bonds. The van der Waals surface area contributed by atoms with Gasteiger partial charge in [0.2, 0.25) is 5.91 Å². The number of aliphatic hydroxyl groups is 1. The Labute approximate surface area is 205 Å². The Hall–Kier alpha value is -3.46. The fourth-order valence-electron chi connectivity index (χ4n) is 3.40. The topological polar surface area (TPSA) is 109 Å². The summed E-state index contributed by atoms with van der Waals surface area (Å²) in [6, 6.07) is 15.5. The van der Waals surface area contributed by atoms with E-state index in [0.29, 0.717) is 44.8 Å². The number of hydrogen-bond donors (Lipinski definition) is 3. The molecule has 0 aliphatic carbocycles. The van der Waals surface area contributed by atoms with Crippen molar-refractivity contribution in [1.29, 1.82) is 0 Å². The van der Waals surface area contributed by atoms with Gasteiger partial charge in [0.05, 0.1) is 28.6 Å². The van der Waals surface area contributed by atoms with Crippen LogP contribution in [0.15, 0.2) is 60.8 Å². The lowest BCUT2D eigenvalue weighted by Gasteiger charge is -2.13. The number of rotatable bonds is 7. The summed E-state index contributed by atoms with van der Waals surface area (Å²) >= 11 is 12.2. The molecule has 4 rings (SSSR count). The number of amides is 2. The third-order valence-electron chi connectivity index (χ3n) is 5.09. The Balaban J connectivity index is 1.46. The zero-order valence-electron chi connectivity index (χ0n) is 18.1. The zero-order chi connectivity index (χ0) is 24.2. The third-order valence-corrected chi connectivity index (χ3v) is 5.67. The molecule has 4 aromatic rings. The highest BCUT2D eigenvalue weighted by molar-refractivity contribution is 6.34. The quantitative estimate of drug-likeness (QED) is 0.347. The Morgan fingerprint density at radius 1 is 1.09 bits per heavy atom. The van der Waals surface area contributed by atoms with Crippen LogP contribution in [0.25, 0.3) is 16.9 Å². The van der Waals surface area contributed by atoms with Crippen LogP contribution < -0.4 is 10.6 Å². The number of halogens is 2. The van der Waals surface area contributed by atoms with Crippen LogP contribution in [0, 0.1) is 0 Å². The largest absolute Gasteiger partial charge is 0.388 e. The lowest BCUT2D eigenvalue weighted by molar-refractivity contribution is -0.114. The van der Waals surface area contributed by atoms with E-state index >= 15 is 0 Å². The minimum atomic E-state index is -0.729. The SMILES string of the molecule is CC(=O)Nc1cn2nc(-c3ccc(Cl)c(C(=O)NCC[C@@H](O)c4ccc(Cl)cc4)c3)ccc2n1. The molecular weight excluding hydrogens is 477 g/mol. The van der Waals surface area contributed by atoms with Crippen molar-refractivity contribution in [1.82, 2.24) is 19.9 Å². The molecule has 2 aromatic heterocycles. The average Bonchev–Trinajstić information content (AvgIpc) is 3.20. The van der Waals surface area contributed by atoms with Gasteiger partial charge in [-0.25, -0.2) is 9.50 Å². The summed E-state index contributed by atoms with van der Waals surface area (Å²) in [5.41, 5.74) is 2.88. The first-order valence-corrected chi connectivity index (χ1v) is 11.2. The van der Waals surface area contributed by atoms with Crippen LogP contribution in [0.4, 0.5) is 5.82 Å². The lowest BCUT2D eigenvalue weighted by atomic mass is 10.1. The highest BCUT2D eigenvalue weighted by Gasteiger charge is 2.15. The van der Waals surface area contributed by atoms with E-state index in [-0.39, 0.29) is 18.4 Å². The monoisotopic (exact) mass is 497 g/mol. The summed E-state index contributed by atoms with van der Waals surface area (Å²) in [6.07, 6.45) is 1.21. The van der Waals surface area contributed by atoms with Crippen LogP contribution >= 0.6 is 23.2 Å². The zero-order valence-corrected chi connectivity index (χ0v) is 19.6. The second kappa shape index (κ2) is 10.2. The third kappa shape index (κ3) is 5.53. The van der Waals surface area contributed by atoms with Crippen LogP contribution in [0.5, 0.6) is 0 Å². The van der Waals surface area contributed by atoms with Gasteiger partial charge in [0.15, 0.2) is 11.5 Å². The Bertz CT molecular complexity index is 1350. The van der Waals surface area contributed by atoms with E-state index in [9.17, 15) is 14.7 Å². The minimum absolute atomic E-state index is 0.224. The molecule has 2 aromatic carbocycles. The highest BCUT2D eigenvalue weighted by Crippen LogP contribution is 2.25. The molecule has 2 heterocycles. The van der Waals surface area contributed by atoms with Crippen molar-refractivity contribution in [3.05, 3.63) is 82.0 Å². The molecule has 0 unspecified atom stereocenters. The molecule has 0 radical (unpaired) electrons. The first kappa shape index (κ1) is 23.7. The van der Waals surface area contributed by atoms with Gasteiger partial charge >= 0.3 is 0 Å². The molecule has 0 saturated heterocycles. The maximum Gasteiger partial charge on any atom is 0.252 e. The lowest BCUT2D eigenvalue weighted by Crippen LogP contribution is -2.26. The van der Waals surface area contributed by atoms with E-state index in [1.807, 2.05) is 0 Å². The first-order valence-electron chi connectivity index (χ1n) is 10.5. The van der Waals surface area contributed by atoms with Gasteiger partial charge < -0.3 is 15.7 Å². The molecule has 34 heavy (non-hydrogen) atoms. The average molecular weight is 498 g/mol. The maximum atomic E-state index is 12.8. The van der Waals surface area contributed by atoms with Gasteiger partial charge in [0, 0.05) is 24.1 Å². The van der Waals surface area contributed by atoms with Crippen LogP contribution in [-0.2, 0) is 4.79 Å². The predicted octanol–water partition coefficient (Wildman–Crippen LogP) is 4.52. The minimum Gasteiger partial charge on any atom is -0.388 e. The standard InChI is InChI=1S/C24H21Cl2N5O3/c1-14(32)28-22-13-31-23(29-22)9-8-20(30-31)16-4-7-19(26)18(12-16)24(34)27-11-10-21(33)15-2-5-17(25)6-3-15/h2-9,12-13,21,33H,10-11H2,1H3,(H,27,34)(H,28,32)/t21-/m1/s1. The number of carbonyl (C=O) groups excluding carboxylic acids is 2. The number of nitrogens with zero attached hydrogens (tertiary/aromatic N) is 3. The van der Waals surface area contributed by atoms with E-state index in [0.717, 1.165) is 5.56 Å². The van der Waals surface area contributed by atoms with E-state index in [1.54, 1.807) is 65.3 Å². The molecule has 174 valence electrons. The smallest absolute Gasteiger partial charge is 0.252 e. The van der Waals surface area contributed by atoms with Crippen molar-refractivity contribution in [2.75, 3.05) is 11.9 Å². The molecule has 0 bridgehead atoms. The second-order valence-corrected chi connectivity index (χ2v) is 8.48. The number of imidazole rings is 1. The van der Waals surface area contributed by atoms with Crippen molar-refractivity contribution < 1.29 is 14.7 Å². The second-order valence-electron chi connectivity index (χ2n) is 7.64. The maximum absolute atomic E-state index is 12.8. The number of carbonyl (C=O) groups is 2. The normalized spacial score (nSPS) is 11.9. The predicted molar refractivity (Wildman–Crippen MR) is 131 cm³/mol. The van der Waals surface area contributed by atoms with Gasteiger partial charge in [-0.3, -0.25) is 9.59 Å². The van der Waals surface area contributed by atoms with Crippen LogP contribution in [-0.4, -0.2) is 38.1 Å². The van der Waals surface area contributed by atoms with E-state index in [1.165, 1.54) is 6.92 Å². The Morgan fingerprint density at radius 2 is 1.85 bits per heavy atom. The summed E-state index contributed by atoms with van der Waals surface area (Å²) in [5.74, 6) is -0.182. The molecule has 0 fully saturated rings. The van der Waals surface area contributed by atoms with Gasteiger partial charge in [-0.15, -0.1) is 0 Å². The summed E-state index contributed by atoms with van der Waals surface area (Å²) in [7, 11) is 0. The molecular formula is C24H21Cl2N5O3. The van der Waals surface area contributed by atoms with Crippen LogP contribution in [0.3, 0.4) is 0 Å². The molecule has 0 aliphatic rings. The summed E-state index contributed by atoms with van der Waals surface area (Å²) < 4.78 is 1.55. The van der Waals surface area contributed by atoms with Crippen molar-refractivity contribution in [3.8, 4) is 11.3 Å². The number of aliphatic hydroxyl groups excluding tert-OH is 1. The van der Waals surface area contributed by atoms with Crippen molar-refractivity contribution >= 4 is 46.5 Å². The summed E-state index contributed by atoms with van der Waals surface area (Å²) in [4.78, 5) is 28.3. The highest BCUT2D eigenvalue weighted by atomic mass is 35.5. The van der Waals surface area contributed by atoms with E-state index in [4.69, 9.17) is 23.2 Å². The van der Waals surface area contributed by atoms with Gasteiger partial charge in [0.1, 0.15) is 0 Å². The fraction of sp³-hybridized carbons (Fsp3) is 0.167. The van der Waals surface area contributed by atoms with Crippen LogP contribution in [0.1, 0.15) is 35.4 Å². The number of benzene rings is 2. The van der Waals surface area contributed by atoms with Gasteiger partial charge in [0.25, 0.3) is 5.91 Å². The van der Waals surface area contributed by atoms with Gasteiger partial charge in [-0.05, 0) is 48.4 Å². The Kier molecular flexibility index (Phi) is 7.12. The van der Waals surface area contributed by atoms with E-state index in [2.05, 4.69) is 20.7 Å². The van der Waals surface area contributed by atoms with Gasteiger partial charge in [-0.2, -0.15) is 5.10 Å². The molecule has 0 spiro atoms. The number of nitrogens with one attached hydrogen (secondary N) is 2. The number of aromatic nitrogens is 3. The Morgan fingerprint density at radius 3 is 2.59 bits per heavy atom. The van der Waals surface area contributed by atoms with Crippen molar-refractivity contribution in [2.24, 2.45) is 0 Å². The number of anilines is 1. The van der Waals surface area contributed by atoms with Gasteiger partial charge in [-0.1, -0.05) is 41.4 Å². The fourth-order valence-corrected chi connectivity index (χ4v) is 3.73. The number of hydrogen-bond acceptors (Lipinski definition) is 5. The van der Waals surface area contributed by atoms with Crippen LogP contribution in [0.2, 0.25) is 10.0 Å². The van der Waals surface area contributed by atoms with Crippen molar-refractivity contribution in [2.45, 2.75) is 19.4 Å². The summed E-state index contributed by atoms with van der Waals surface area (Å²) in [6.45, 7) is 1.66. The molecule has 0 aliphatic heterocycles. The molecule has 3 N–H and O–H groups in total. The van der Waals surface area contributed by atoms with E-state index < -0.39 is 6.10 Å².